The van der Waals surface area contributed by atoms with Crippen LogP contribution in [-0.4, -0.2) is 12.5 Å². The molecular formula is C19H20BrNO2. The van der Waals surface area contributed by atoms with Gasteiger partial charge in [0.25, 0.3) is 5.91 Å². The number of ether oxygens (including phenoxy) is 1. The number of amides is 1. The highest BCUT2D eigenvalue weighted by Crippen LogP contribution is 2.41. The molecule has 1 aliphatic carbocycles. The van der Waals surface area contributed by atoms with Gasteiger partial charge in [-0.1, -0.05) is 51.8 Å². The van der Waals surface area contributed by atoms with E-state index in [0.717, 1.165) is 4.47 Å². The molecule has 0 aromatic heterocycles. The molecular weight excluding hydrogens is 354 g/mol. The second-order valence-electron chi connectivity index (χ2n) is 6.04. The number of halogens is 1. The van der Waals surface area contributed by atoms with Gasteiger partial charge in [0.05, 0.1) is 6.04 Å². The number of carbonyl (C=O) groups is 1. The van der Waals surface area contributed by atoms with Gasteiger partial charge < -0.3 is 10.1 Å². The first kappa shape index (κ1) is 16.1. The van der Waals surface area contributed by atoms with Gasteiger partial charge in [-0.25, -0.2) is 0 Å². The van der Waals surface area contributed by atoms with Crippen molar-refractivity contribution in [1.29, 1.82) is 0 Å². The predicted octanol–water partition coefficient (Wildman–Crippen LogP) is 4.40. The largest absolute Gasteiger partial charge is 0.484 e. The lowest BCUT2D eigenvalue weighted by atomic mass is 10.0. The van der Waals surface area contributed by atoms with Crippen molar-refractivity contribution in [1.82, 2.24) is 5.32 Å². The molecule has 2 aromatic rings. The summed E-state index contributed by atoms with van der Waals surface area (Å²) in [6, 6.07) is 16.0. The summed E-state index contributed by atoms with van der Waals surface area (Å²) in [6.07, 6.45) is 2.34. The maximum atomic E-state index is 12.2. The summed E-state index contributed by atoms with van der Waals surface area (Å²) in [5, 5.41) is 3.12. The first-order valence-electron chi connectivity index (χ1n) is 7.86. The molecule has 2 aromatic carbocycles. The normalized spacial score (nSPS) is 15.0. The minimum Gasteiger partial charge on any atom is -0.484 e. The Morgan fingerprint density at radius 2 is 2.00 bits per heavy atom. The minimum absolute atomic E-state index is 0.0333. The van der Waals surface area contributed by atoms with E-state index in [9.17, 15) is 4.79 Å². The van der Waals surface area contributed by atoms with Crippen LogP contribution in [-0.2, 0) is 4.79 Å². The smallest absolute Gasteiger partial charge is 0.258 e. The average Bonchev–Trinajstić information content (AvgIpc) is 3.36. The molecule has 1 amide bonds. The summed E-state index contributed by atoms with van der Waals surface area (Å²) in [5.41, 5.74) is 2.40. The molecule has 4 heteroatoms. The lowest BCUT2D eigenvalue weighted by molar-refractivity contribution is -0.124. The quantitative estimate of drug-likeness (QED) is 0.814. The van der Waals surface area contributed by atoms with Crippen LogP contribution in [0.1, 0.15) is 30.0 Å². The number of hydrogen-bond donors (Lipinski definition) is 1. The third kappa shape index (κ3) is 4.58. The molecule has 1 fully saturated rings. The molecule has 1 aliphatic rings. The van der Waals surface area contributed by atoms with Gasteiger partial charge in [-0.05, 0) is 49.4 Å². The van der Waals surface area contributed by atoms with Gasteiger partial charge in [0, 0.05) is 4.47 Å². The molecule has 1 N–H and O–H groups in total. The summed E-state index contributed by atoms with van der Waals surface area (Å²) in [5.74, 6) is 1.16. The van der Waals surface area contributed by atoms with Crippen LogP contribution in [0.3, 0.4) is 0 Å². The summed E-state index contributed by atoms with van der Waals surface area (Å²) in [7, 11) is 0. The van der Waals surface area contributed by atoms with Gasteiger partial charge in [0.1, 0.15) is 5.75 Å². The van der Waals surface area contributed by atoms with Crippen molar-refractivity contribution in [3.05, 3.63) is 64.1 Å². The van der Waals surface area contributed by atoms with Crippen molar-refractivity contribution in [2.45, 2.75) is 25.8 Å². The third-order valence-electron chi connectivity index (χ3n) is 4.01. The molecule has 0 unspecified atom stereocenters. The number of benzene rings is 2. The SMILES string of the molecule is Cc1ccc([C@H](NC(=O)COc2cccc(Br)c2)C2CC2)cc1. The molecule has 0 radical (unpaired) electrons. The fourth-order valence-electron chi connectivity index (χ4n) is 2.60. The summed E-state index contributed by atoms with van der Waals surface area (Å²) < 4.78 is 6.50. The Labute approximate surface area is 145 Å². The Hall–Kier alpha value is -1.81. The minimum atomic E-state index is -0.0811. The second kappa shape index (κ2) is 7.18. The highest BCUT2D eigenvalue weighted by molar-refractivity contribution is 9.10. The molecule has 1 atom stereocenters. The van der Waals surface area contributed by atoms with Gasteiger partial charge >= 0.3 is 0 Å². The average molecular weight is 374 g/mol. The summed E-state index contributed by atoms with van der Waals surface area (Å²) in [6.45, 7) is 2.10. The predicted molar refractivity (Wildman–Crippen MR) is 94.4 cm³/mol. The van der Waals surface area contributed by atoms with Gasteiger partial charge in [-0.15, -0.1) is 0 Å². The summed E-state index contributed by atoms with van der Waals surface area (Å²) >= 11 is 3.39. The van der Waals surface area contributed by atoms with Crippen molar-refractivity contribution >= 4 is 21.8 Å². The zero-order chi connectivity index (χ0) is 16.2. The number of hydrogen-bond acceptors (Lipinski definition) is 2. The molecule has 0 aliphatic heterocycles. The van der Waals surface area contributed by atoms with E-state index in [1.807, 2.05) is 24.3 Å². The molecule has 120 valence electrons. The van der Waals surface area contributed by atoms with Crippen molar-refractivity contribution in [2.75, 3.05) is 6.61 Å². The van der Waals surface area contributed by atoms with E-state index in [1.54, 1.807) is 0 Å². The van der Waals surface area contributed by atoms with E-state index in [-0.39, 0.29) is 18.6 Å². The fraction of sp³-hybridized carbons (Fsp3) is 0.316. The standard InChI is InChI=1S/C19H20BrNO2/c1-13-5-7-14(8-6-13)19(15-9-10-15)21-18(22)12-23-17-4-2-3-16(20)11-17/h2-8,11,15,19H,9-10,12H2,1H3,(H,21,22)/t19-/m0/s1. The van der Waals surface area contributed by atoms with Gasteiger partial charge in [0.15, 0.2) is 6.61 Å². The Kier molecular flexibility index (Phi) is 5.01. The lowest BCUT2D eigenvalue weighted by Crippen LogP contribution is -2.33. The number of aryl methyl sites for hydroxylation is 1. The summed E-state index contributed by atoms with van der Waals surface area (Å²) in [4.78, 5) is 12.2. The van der Waals surface area contributed by atoms with E-state index < -0.39 is 0 Å². The van der Waals surface area contributed by atoms with Crippen molar-refractivity contribution in [3.8, 4) is 5.75 Å². The van der Waals surface area contributed by atoms with Crippen LogP contribution < -0.4 is 10.1 Å². The molecule has 0 saturated heterocycles. The Morgan fingerprint density at radius 1 is 1.26 bits per heavy atom. The van der Waals surface area contributed by atoms with Gasteiger partial charge in [-0.3, -0.25) is 4.79 Å². The van der Waals surface area contributed by atoms with Gasteiger partial charge in [0.2, 0.25) is 0 Å². The van der Waals surface area contributed by atoms with E-state index in [2.05, 4.69) is 52.4 Å². The molecule has 23 heavy (non-hydrogen) atoms. The van der Waals surface area contributed by atoms with Crippen LogP contribution in [0.25, 0.3) is 0 Å². The first-order chi connectivity index (χ1) is 11.1. The molecule has 0 heterocycles. The van der Waals surface area contributed by atoms with Gasteiger partial charge in [-0.2, -0.15) is 0 Å². The van der Waals surface area contributed by atoms with Crippen LogP contribution in [0.2, 0.25) is 0 Å². The third-order valence-corrected chi connectivity index (χ3v) is 4.51. The van der Waals surface area contributed by atoms with Crippen LogP contribution >= 0.6 is 15.9 Å². The topological polar surface area (TPSA) is 38.3 Å². The number of carbonyl (C=O) groups excluding carboxylic acids is 1. The van der Waals surface area contributed by atoms with Crippen LogP contribution in [0.4, 0.5) is 0 Å². The first-order valence-corrected chi connectivity index (χ1v) is 8.65. The molecule has 3 rings (SSSR count). The highest BCUT2D eigenvalue weighted by Gasteiger charge is 2.33. The highest BCUT2D eigenvalue weighted by atomic mass is 79.9. The zero-order valence-electron chi connectivity index (χ0n) is 13.1. The van der Waals surface area contributed by atoms with Crippen LogP contribution in [0, 0.1) is 12.8 Å². The Bertz CT molecular complexity index is 680. The molecule has 0 spiro atoms. The molecule has 3 nitrogen and oxygen atoms in total. The van der Waals surface area contributed by atoms with E-state index in [0.29, 0.717) is 11.7 Å². The van der Waals surface area contributed by atoms with E-state index >= 15 is 0 Å². The zero-order valence-corrected chi connectivity index (χ0v) is 14.7. The lowest BCUT2D eigenvalue weighted by Gasteiger charge is -2.19. The second-order valence-corrected chi connectivity index (χ2v) is 6.96. The maximum Gasteiger partial charge on any atom is 0.258 e. The molecule has 0 bridgehead atoms. The monoisotopic (exact) mass is 373 g/mol. The number of rotatable bonds is 6. The fourth-order valence-corrected chi connectivity index (χ4v) is 2.98. The number of nitrogens with one attached hydrogen (secondary N) is 1. The molecule has 1 saturated carbocycles. The van der Waals surface area contributed by atoms with Crippen molar-refractivity contribution in [2.24, 2.45) is 5.92 Å². The van der Waals surface area contributed by atoms with Crippen molar-refractivity contribution < 1.29 is 9.53 Å². The maximum absolute atomic E-state index is 12.2. The van der Waals surface area contributed by atoms with E-state index in [1.165, 1.54) is 24.0 Å². The van der Waals surface area contributed by atoms with Crippen LogP contribution in [0.5, 0.6) is 5.75 Å². The van der Waals surface area contributed by atoms with E-state index in [4.69, 9.17) is 4.74 Å². The van der Waals surface area contributed by atoms with Crippen molar-refractivity contribution in [3.63, 3.8) is 0 Å². The Balaban J connectivity index is 1.59. The van der Waals surface area contributed by atoms with Crippen LogP contribution in [0.15, 0.2) is 53.0 Å². The Morgan fingerprint density at radius 3 is 2.65 bits per heavy atom.